The molecule has 3 aromatic heterocycles. The number of para-hydroxylation sites is 6. The molecule has 0 unspecified atom stereocenters. The second-order valence-electron chi connectivity index (χ2n) is 32.3. The standard InChI is InChI=1S/C39H54N9P.2C24BF20/c1-25(2)43-31-19-13-14-20-32(31)44(26(3)4)37(43)40-49(41-38-45(27(5)6)33-21-15-16-22-34(33)46(38)28(7)8)42-39-47(29(9)10)35-23-17-18-24-36(35)48(39)30(11)12;2*26-5-1(6(27)14(35)21(42)13(5)34)25(2-7(28)15(36)22(43)16(37)8(2)29,3-9(30)17(38)23(44)18(39)10(3)31)4-11(32)19(40)24(45)20(41)12(4)33/h13-30H,1-12H3;;/q;2*-1. The third-order valence-corrected chi connectivity index (χ3v) is 23.6. The molecular weight excluding hydrogens is 1980 g/mol. The molecule has 9 nitrogen and oxygen atoms in total. The molecular formula is C87H54B2F40N9P-2. The van der Waals surface area contributed by atoms with E-state index >= 15 is 70.2 Å². The maximum atomic E-state index is 15.4. The van der Waals surface area contributed by atoms with Crippen molar-refractivity contribution in [2.24, 2.45) is 14.3 Å². The lowest BCUT2D eigenvalue weighted by Gasteiger charge is -2.44. The van der Waals surface area contributed by atoms with Crippen LogP contribution in [0.3, 0.4) is 0 Å². The number of benzene rings is 11. The third-order valence-electron chi connectivity index (χ3n) is 22.5. The molecule has 14 aromatic rings. The maximum absolute atomic E-state index is 15.4. The van der Waals surface area contributed by atoms with Crippen molar-refractivity contribution in [3.63, 3.8) is 0 Å². The van der Waals surface area contributed by atoms with E-state index in [2.05, 4.69) is 183 Å². The van der Waals surface area contributed by atoms with E-state index in [1.54, 1.807) is 0 Å². The van der Waals surface area contributed by atoms with Gasteiger partial charge in [-0.05, 0) is 119 Å². The van der Waals surface area contributed by atoms with Crippen molar-refractivity contribution in [1.82, 2.24) is 27.4 Å². The molecule has 0 fully saturated rings. The molecule has 0 aliphatic carbocycles. The molecule has 0 bridgehead atoms. The van der Waals surface area contributed by atoms with Gasteiger partial charge in [-0.25, -0.2) is 176 Å². The summed E-state index contributed by atoms with van der Waals surface area (Å²) in [6, 6.07) is 27.1. The molecule has 139 heavy (non-hydrogen) atoms. The Labute approximate surface area is 753 Å². The van der Waals surface area contributed by atoms with Gasteiger partial charge in [0.05, 0.1) is 33.1 Å². The van der Waals surface area contributed by atoms with Gasteiger partial charge in [-0.1, -0.05) is 36.4 Å². The number of nitrogens with zero attached hydrogens (tertiary/aromatic N) is 9. The van der Waals surface area contributed by atoms with Gasteiger partial charge in [-0.3, -0.25) is 0 Å². The Kier molecular flexibility index (Phi) is 28.9. The van der Waals surface area contributed by atoms with E-state index in [1.165, 1.54) is 33.1 Å². The van der Waals surface area contributed by atoms with Gasteiger partial charge < -0.3 is 27.4 Å². The molecule has 0 atom stereocenters. The highest BCUT2D eigenvalue weighted by molar-refractivity contribution is 7.52. The number of aromatic nitrogens is 6. The second kappa shape index (κ2) is 38.3. The largest absolute Gasteiger partial charge is 0.307 e. The summed E-state index contributed by atoms with van der Waals surface area (Å²) >= 11 is 0. The first-order valence-electron chi connectivity index (χ1n) is 39.8. The molecule has 0 amide bonds. The lowest BCUT2D eigenvalue weighted by molar-refractivity contribution is 0.377. The first-order chi connectivity index (χ1) is 64.7. The van der Waals surface area contributed by atoms with Crippen molar-refractivity contribution < 1.29 is 176 Å². The van der Waals surface area contributed by atoms with Crippen molar-refractivity contribution >= 4 is 97.5 Å². The molecule has 740 valence electrons. The highest BCUT2D eigenvalue weighted by atomic mass is 31.1. The van der Waals surface area contributed by atoms with Crippen molar-refractivity contribution in [3.8, 4) is 0 Å². The topological polar surface area (TPSA) is 66.7 Å². The zero-order valence-corrected chi connectivity index (χ0v) is 72.5. The highest BCUT2D eigenvalue weighted by Gasteiger charge is 2.56. The zero-order chi connectivity index (χ0) is 104. The van der Waals surface area contributed by atoms with Crippen LogP contribution in [0.4, 0.5) is 176 Å². The fourth-order valence-electron chi connectivity index (χ4n) is 17.0. The number of halogens is 40. The van der Waals surface area contributed by atoms with Crippen LogP contribution in [-0.4, -0.2) is 39.7 Å². The zero-order valence-electron chi connectivity index (χ0n) is 71.6. The molecule has 0 saturated heterocycles. The predicted molar refractivity (Wildman–Crippen MR) is 424 cm³/mol. The molecule has 11 aromatic carbocycles. The first kappa shape index (κ1) is 105. The predicted octanol–water partition coefficient (Wildman–Crippen LogP) is 21.5. The van der Waals surface area contributed by atoms with E-state index in [0.29, 0.717) is 0 Å². The minimum absolute atomic E-state index is 0.186. The van der Waals surface area contributed by atoms with Crippen LogP contribution >= 0.6 is 8.37 Å². The average molecular weight is 2040 g/mol. The van der Waals surface area contributed by atoms with Crippen LogP contribution in [0.1, 0.15) is 119 Å². The van der Waals surface area contributed by atoms with Gasteiger partial charge in [0.15, 0.2) is 140 Å². The Morgan fingerprint density at radius 1 is 0.158 bits per heavy atom. The van der Waals surface area contributed by atoms with E-state index in [0.717, 1.165) is 16.9 Å². The van der Waals surface area contributed by atoms with Gasteiger partial charge in [0.25, 0.3) is 8.37 Å². The number of hydrogen-bond acceptors (Lipinski definition) is 3. The Hall–Kier alpha value is -13.0. The molecule has 0 radical (unpaired) electrons. The Morgan fingerprint density at radius 3 is 0.331 bits per heavy atom. The van der Waals surface area contributed by atoms with Gasteiger partial charge in [0.1, 0.15) is 105 Å². The summed E-state index contributed by atoms with van der Waals surface area (Å²) in [5.74, 6) is -143. The van der Waals surface area contributed by atoms with Crippen molar-refractivity contribution in [2.45, 2.75) is 119 Å². The van der Waals surface area contributed by atoms with Gasteiger partial charge in [-0.2, -0.15) is 14.3 Å². The quantitative estimate of drug-likeness (QED) is 0.0287. The molecule has 0 N–H and O–H groups in total. The van der Waals surface area contributed by atoms with Crippen molar-refractivity contribution in [3.05, 3.63) is 322 Å². The minimum Gasteiger partial charge on any atom is -0.307 e. The molecule has 3 heterocycles. The molecule has 0 spiro atoms. The summed E-state index contributed by atoms with van der Waals surface area (Å²) in [4.78, 5) is 0. The van der Waals surface area contributed by atoms with Crippen molar-refractivity contribution in [2.75, 3.05) is 0 Å². The second-order valence-corrected chi connectivity index (χ2v) is 33.5. The lowest BCUT2D eigenvalue weighted by atomic mass is 9.12. The average Bonchev–Trinajstić information content (AvgIpc) is 1.15. The van der Waals surface area contributed by atoms with Crippen LogP contribution in [0, 0.1) is 233 Å². The summed E-state index contributed by atoms with van der Waals surface area (Å²) in [5, 5.41) is 0. The highest BCUT2D eigenvalue weighted by Crippen LogP contribution is 2.42. The molecule has 0 aliphatic heterocycles. The number of fused-ring (bicyclic) bond motifs is 3. The van der Waals surface area contributed by atoms with Crippen LogP contribution in [-0.2, 0) is 0 Å². The normalized spacial score (nSPS) is 12.2. The first-order valence-corrected chi connectivity index (χ1v) is 41.0. The van der Waals surface area contributed by atoms with Crippen LogP contribution in [0.5, 0.6) is 0 Å². The van der Waals surface area contributed by atoms with Gasteiger partial charge in [0, 0.05) is 36.3 Å². The van der Waals surface area contributed by atoms with Crippen LogP contribution in [0.2, 0.25) is 0 Å². The van der Waals surface area contributed by atoms with Gasteiger partial charge >= 0.3 is 0 Å². The Morgan fingerprint density at radius 2 is 0.245 bits per heavy atom. The van der Waals surface area contributed by atoms with Gasteiger partial charge in [-0.15, -0.1) is 43.7 Å². The number of imidazole rings is 3. The van der Waals surface area contributed by atoms with E-state index in [9.17, 15) is 105 Å². The third kappa shape index (κ3) is 16.0. The number of hydrogen-bond donors (Lipinski definition) is 0. The summed E-state index contributed by atoms with van der Waals surface area (Å²) in [6.07, 6.45) is -14.4. The summed E-state index contributed by atoms with van der Waals surface area (Å²) in [5.41, 5.74) is -18.9. The molecule has 52 heteroatoms. The molecule has 14 rings (SSSR count). The monoisotopic (exact) mass is 2040 g/mol. The van der Waals surface area contributed by atoms with E-state index in [4.69, 9.17) is 14.3 Å². The van der Waals surface area contributed by atoms with Crippen molar-refractivity contribution in [1.29, 1.82) is 0 Å². The summed E-state index contributed by atoms with van der Waals surface area (Å²) in [6.45, 7) is 26.8. The van der Waals surface area contributed by atoms with E-state index in [1.807, 2.05) is 0 Å². The lowest BCUT2D eigenvalue weighted by Crippen LogP contribution is -2.81. The fraction of sp³-hybridized carbons (Fsp3) is 0.207. The summed E-state index contributed by atoms with van der Waals surface area (Å²) in [7, 11) is -1.70. The number of rotatable bonds is 17. The SMILES string of the molecule is CC(C)n1c(=NP(N=c2n(C(C)C)c3ccccc3n2C(C)C)N=c2n(C(C)C)c3ccccc3n2C(C)C)n(C(C)C)c2ccccc21.Fc1c(F)c(F)c([B-](c2c(F)c(F)c(F)c(F)c2F)(c2c(F)c(F)c(F)c(F)c2F)c2c(F)c(F)c(F)c(F)c2F)c(F)c1F.Fc1c(F)c(F)c([B-](c2c(F)c(F)c(F)c(F)c2F)(c2c(F)c(F)c(F)c(F)c2F)c2c(F)c(F)c(F)c(F)c2F)c(F)c1F. The van der Waals surface area contributed by atoms with Gasteiger partial charge in [0.2, 0.25) is 16.9 Å². The van der Waals surface area contributed by atoms with E-state index in [-0.39, 0.29) is 36.3 Å². The molecule has 0 saturated carbocycles. The smallest absolute Gasteiger partial charge is 0.278 e. The Balaban J connectivity index is 0.000000187. The fourth-order valence-corrected chi connectivity index (χ4v) is 18.2. The van der Waals surface area contributed by atoms with Crippen LogP contribution in [0.15, 0.2) is 87.1 Å². The molecule has 0 aliphatic rings. The minimum atomic E-state index is -7.22. The Bertz CT molecular complexity index is 6240. The van der Waals surface area contributed by atoms with Crippen LogP contribution < -0.4 is 60.6 Å². The summed E-state index contributed by atoms with van der Waals surface area (Å²) < 4.78 is 619. The van der Waals surface area contributed by atoms with Crippen LogP contribution in [0.25, 0.3) is 33.1 Å². The van der Waals surface area contributed by atoms with E-state index < -0.39 is 297 Å². The maximum Gasteiger partial charge on any atom is 0.278 e.